The molecule has 17 heavy (non-hydrogen) atoms. The molecule has 1 N–H and O–H groups in total. The van der Waals surface area contributed by atoms with E-state index in [0.29, 0.717) is 17.7 Å². The number of carbonyl (C=O) groups excluding carboxylic acids is 1. The Bertz CT molecular complexity index is 422. The molecule has 0 radical (unpaired) electrons. The lowest BCUT2D eigenvalue weighted by Crippen LogP contribution is -2.14. The van der Waals surface area contributed by atoms with Crippen LogP contribution in [0.15, 0.2) is 36.4 Å². The van der Waals surface area contributed by atoms with Gasteiger partial charge in [-0.1, -0.05) is 6.08 Å². The number of esters is 1. The molecule has 1 aliphatic carbocycles. The highest BCUT2D eigenvalue weighted by atomic mass is 16.5. The first-order chi connectivity index (χ1) is 8.19. The van der Waals surface area contributed by atoms with E-state index < -0.39 is 6.10 Å². The van der Waals surface area contributed by atoms with Gasteiger partial charge >= 0.3 is 5.97 Å². The molecule has 4 heteroatoms. The van der Waals surface area contributed by atoms with E-state index in [4.69, 9.17) is 4.74 Å². The highest BCUT2D eigenvalue weighted by molar-refractivity contribution is 5.89. The Morgan fingerprint density at radius 1 is 1.29 bits per heavy atom. The van der Waals surface area contributed by atoms with Crippen molar-refractivity contribution in [2.24, 2.45) is 0 Å². The van der Waals surface area contributed by atoms with Crippen LogP contribution in [0, 0.1) is 0 Å². The predicted molar refractivity (Wildman–Crippen MR) is 62.0 cm³/mol. The molecule has 2 rings (SSSR count). The van der Waals surface area contributed by atoms with Gasteiger partial charge in [-0.15, -0.1) is 0 Å². The second kappa shape index (κ2) is 5.01. The van der Waals surface area contributed by atoms with Crippen LogP contribution in [-0.2, 0) is 4.74 Å². The molecule has 1 aromatic rings. The Balaban J connectivity index is 1.99. The van der Waals surface area contributed by atoms with Crippen molar-refractivity contribution in [3.05, 3.63) is 42.0 Å². The zero-order valence-electron chi connectivity index (χ0n) is 9.50. The summed E-state index contributed by atoms with van der Waals surface area (Å²) in [6, 6.07) is 6.72. The summed E-state index contributed by atoms with van der Waals surface area (Å²) < 4.78 is 10.2. The lowest BCUT2D eigenvalue weighted by atomic mass is 10.2. The van der Waals surface area contributed by atoms with Crippen LogP contribution in [0.5, 0.6) is 5.75 Å². The van der Waals surface area contributed by atoms with Crippen LogP contribution in [0.1, 0.15) is 16.8 Å². The monoisotopic (exact) mass is 234 g/mol. The number of hydrogen-bond acceptors (Lipinski definition) is 4. The van der Waals surface area contributed by atoms with Gasteiger partial charge in [-0.05, 0) is 30.3 Å². The summed E-state index contributed by atoms with van der Waals surface area (Å²) in [7, 11) is 1.34. The minimum Gasteiger partial charge on any atom is -0.486 e. The van der Waals surface area contributed by atoms with Gasteiger partial charge in [0.1, 0.15) is 11.9 Å². The molecule has 1 aromatic carbocycles. The number of ether oxygens (including phenoxy) is 2. The fourth-order valence-electron chi connectivity index (χ4n) is 1.70. The third-order valence-electron chi connectivity index (χ3n) is 2.58. The van der Waals surface area contributed by atoms with Crippen LogP contribution in [0.3, 0.4) is 0 Å². The van der Waals surface area contributed by atoms with Gasteiger partial charge in [0.15, 0.2) is 0 Å². The quantitative estimate of drug-likeness (QED) is 0.636. The summed E-state index contributed by atoms with van der Waals surface area (Å²) >= 11 is 0. The predicted octanol–water partition coefficient (Wildman–Crippen LogP) is 1.54. The maximum absolute atomic E-state index is 11.2. The molecule has 0 amide bonds. The van der Waals surface area contributed by atoms with Crippen molar-refractivity contribution >= 4 is 5.97 Å². The van der Waals surface area contributed by atoms with E-state index in [0.717, 1.165) is 0 Å². The second-order valence-corrected chi connectivity index (χ2v) is 3.86. The lowest BCUT2D eigenvalue weighted by Gasteiger charge is -2.12. The standard InChI is InChI=1S/C13H14O4/c1-16-13(15)9-2-5-11(6-3-9)17-12-7-4-10(14)8-12/h2-7,10,12,14H,8H2,1H3. The van der Waals surface area contributed by atoms with Crippen LogP contribution < -0.4 is 4.74 Å². The molecular weight excluding hydrogens is 220 g/mol. The molecule has 2 atom stereocenters. The van der Waals surface area contributed by atoms with E-state index in [2.05, 4.69) is 4.74 Å². The Morgan fingerprint density at radius 2 is 2.00 bits per heavy atom. The maximum atomic E-state index is 11.2. The second-order valence-electron chi connectivity index (χ2n) is 3.86. The molecule has 0 aliphatic heterocycles. The molecule has 4 nitrogen and oxygen atoms in total. The molecule has 90 valence electrons. The van der Waals surface area contributed by atoms with Crippen molar-refractivity contribution in [2.75, 3.05) is 7.11 Å². The first kappa shape index (κ1) is 11.7. The van der Waals surface area contributed by atoms with E-state index in [1.165, 1.54) is 7.11 Å². The molecule has 1 aliphatic rings. The molecule has 0 aromatic heterocycles. The molecule has 0 bridgehead atoms. The molecule has 0 saturated carbocycles. The van der Waals surface area contributed by atoms with E-state index in [1.807, 2.05) is 6.08 Å². The largest absolute Gasteiger partial charge is 0.486 e. The first-order valence-electron chi connectivity index (χ1n) is 5.40. The molecule has 0 spiro atoms. The van der Waals surface area contributed by atoms with Crippen molar-refractivity contribution < 1.29 is 19.4 Å². The van der Waals surface area contributed by atoms with Gasteiger partial charge in [0.25, 0.3) is 0 Å². The van der Waals surface area contributed by atoms with Gasteiger partial charge in [-0.2, -0.15) is 0 Å². The zero-order valence-corrected chi connectivity index (χ0v) is 9.50. The Morgan fingerprint density at radius 3 is 2.53 bits per heavy atom. The number of benzene rings is 1. The third-order valence-corrected chi connectivity index (χ3v) is 2.58. The van der Waals surface area contributed by atoms with Gasteiger partial charge in [0, 0.05) is 6.42 Å². The topological polar surface area (TPSA) is 55.8 Å². The zero-order chi connectivity index (χ0) is 12.3. The first-order valence-corrected chi connectivity index (χ1v) is 5.40. The fourth-order valence-corrected chi connectivity index (χ4v) is 1.70. The van der Waals surface area contributed by atoms with Crippen molar-refractivity contribution in [1.29, 1.82) is 0 Å². The minimum atomic E-state index is -0.422. The number of carbonyl (C=O) groups is 1. The summed E-state index contributed by atoms with van der Waals surface area (Å²) in [6.07, 6.45) is 3.59. The van der Waals surface area contributed by atoms with Crippen LogP contribution >= 0.6 is 0 Å². The molecule has 0 fully saturated rings. The highest BCUT2D eigenvalue weighted by Gasteiger charge is 2.17. The SMILES string of the molecule is COC(=O)c1ccc(OC2C=CC(O)C2)cc1. The van der Waals surface area contributed by atoms with Crippen molar-refractivity contribution in [3.8, 4) is 5.75 Å². The van der Waals surface area contributed by atoms with E-state index in [9.17, 15) is 9.90 Å². The van der Waals surface area contributed by atoms with Crippen LogP contribution in [0.2, 0.25) is 0 Å². The number of methoxy groups -OCH3 is 1. The van der Waals surface area contributed by atoms with Gasteiger partial charge in [0.2, 0.25) is 0 Å². The number of rotatable bonds is 3. The summed E-state index contributed by atoms with van der Waals surface area (Å²) in [6.45, 7) is 0. The average molecular weight is 234 g/mol. The van der Waals surface area contributed by atoms with E-state index in [-0.39, 0.29) is 12.1 Å². The molecule has 0 saturated heterocycles. The highest BCUT2D eigenvalue weighted by Crippen LogP contribution is 2.20. The summed E-state index contributed by atoms with van der Waals surface area (Å²) in [5, 5.41) is 9.30. The van der Waals surface area contributed by atoms with Crippen LogP contribution in [0.4, 0.5) is 0 Å². The molecule has 0 heterocycles. The van der Waals surface area contributed by atoms with Gasteiger partial charge in [-0.25, -0.2) is 4.79 Å². The Labute approximate surface area is 99.5 Å². The van der Waals surface area contributed by atoms with E-state index >= 15 is 0 Å². The maximum Gasteiger partial charge on any atom is 0.337 e. The Kier molecular flexibility index (Phi) is 3.44. The molecular formula is C13H14O4. The Hall–Kier alpha value is -1.81. The minimum absolute atomic E-state index is 0.103. The number of aliphatic hydroxyl groups excluding tert-OH is 1. The summed E-state index contributed by atoms with van der Waals surface area (Å²) in [5.74, 6) is 0.300. The van der Waals surface area contributed by atoms with Crippen molar-refractivity contribution in [3.63, 3.8) is 0 Å². The lowest BCUT2D eigenvalue weighted by molar-refractivity contribution is 0.0600. The van der Waals surface area contributed by atoms with Gasteiger partial charge in [0.05, 0.1) is 18.8 Å². The summed E-state index contributed by atoms with van der Waals surface area (Å²) in [4.78, 5) is 11.2. The molecule has 2 unspecified atom stereocenters. The van der Waals surface area contributed by atoms with Crippen LogP contribution in [0.25, 0.3) is 0 Å². The van der Waals surface area contributed by atoms with Crippen molar-refractivity contribution in [1.82, 2.24) is 0 Å². The van der Waals surface area contributed by atoms with Crippen molar-refractivity contribution in [2.45, 2.75) is 18.6 Å². The smallest absolute Gasteiger partial charge is 0.337 e. The third kappa shape index (κ3) is 2.85. The van der Waals surface area contributed by atoms with E-state index in [1.54, 1.807) is 30.3 Å². The number of aliphatic hydroxyl groups is 1. The van der Waals surface area contributed by atoms with Crippen LogP contribution in [-0.4, -0.2) is 30.4 Å². The van der Waals surface area contributed by atoms with Gasteiger partial charge in [-0.3, -0.25) is 0 Å². The van der Waals surface area contributed by atoms with Gasteiger partial charge < -0.3 is 14.6 Å². The summed E-state index contributed by atoms with van der Waals surface area (Å²) in [5.41, 5.74) is 0.488. The average Bonchev–Trinajstić information content (AvgIpc) is 2.75. The normalized spacial score (nSPS) is 22.5. The fraction of sp³-hybridized carbons (Fsp3) is 0.308. The number of hydrogen-bond donors (Lipinski definition) is 1.